The molecule has 0 bridgehead atoms. The fraction of sp³-hybridized carbons (Fsp3) is 0.556. The first-order chi connectivity index (χ1) is 10.9. The van der Waals surface area contributed by atoms with E-state index in [1.807, 2.05) is 39.1 Å². The second-order valence-electron chi connectivity index (χ2n) is 6.41. The molecule has 0 saturated carbocycles. The van der Waals surface area contributed by atoms with E-state index in [0.29, 0.717) is 19.3 Å². The second kappa shape index (κ2) is 10.0. The van der Waals surface area contributed by atoms with Gasteiger partial charge in [0.2, 0.25) is 5.91 Å². The van der Waals surface area contributed by atoms with Crippen LogP contribution in [0.5, 0.6) is 0 Å². The summed E-state index contributed by atoms with van der Waals surface area (Å²) in [6.45, 7) is 5.53. The monoisotopic (exact) mass is 320 g/mol. The van der Waals surface area contributed by atoms with Crippen molar-refractivity contribution in [1.29, 1.82) is 0 Å². The molecule has 2 N–H and O–H groups in total. The Labute approximate surface area is 138 Å². The quantitative estimate of drug-likeness (QED) is 0.695. The van der Waals surface area contributed by atoms with Crippen LogP contribution < -0.4 is 5.32 Å². The van der Waals surface area contributed by atoms with Crippen LogP contribution in [0.4, 0.5) is 0 Å². The van der Waals surface area contributed by atoms with Crippen molar-refractivity contribution in [3.05, 3.63) is 35.9 Å². The first-order valence-corrected chi connectivity index (χ1v) is 8.13. The number of benzene rings is 1. The Morgan fingerprint density at radius 2 is 1.87 bits per heavy atom. The zero-order valence-electron chi connectivity index (χ0n) is 14.3. The highest BCUT2D eigenvalue weighted by molar-refractivity contribution is 5.83. The van der Waals surface area contributed by atoms with E-state index in [1.165, 1.54) is 5.56 Å². The molecule has 1 unspecified atom stereocenters. The van der Waals surface area contributed by atoms with Crippen LogP contribution in [0.15, 0.2) is 30.3 Å². The molecule has 1 aromatic carbocycles. The number of hydrogen-bond acceptors (Lipinski definition) is 3. The average molecular weight is 320 g/mol. The Morgan fingerprint density at radius 1 is 1.22 bits per heavy atom. The summed E-state index contributed by atoms with van der Waals surface area (Å²) in [7, 11) is 2.02. The summed E-state index contributed by atoms with van der Waals surface area (Å²) in [5, 5.41) is 11.7. The molecule has 0 aliphatic carbocycles. The van der Waals surface area contributed by atoms with Gasteiger partial charge < -0.3 is 15.3 Å². The van der Waals surface area contributed by atoms with Gasteiger partial charge in [-0.25, -0.2) is 4.79 Å². The third-order valence-corrected chi connectivity index (χ3v) is 3.58. The number of carbonyl (C=O) groups excluding carboxylic acids is 1. The molecule has 5 heteroatoms. The van der Waals surface area contributed by atoms with Crippen molar-refractivity contribution in [3.8, 4) is 0 Å². The van der Waals surface area contributed by atoms with E-state index in [9.17, 15) is 9.59 Å². The summed E-state index contributed by atoms with van der Waals surface area (Å²) in [5.41, 5.74) is 1.24. The van der Waals surface area contributed by atoms with Gasteiger partial charge in [-0.2, -0.15) is 0 Å². The van der Waals surface area contributed by atoms with Gasteiger partial charge in [0.1, 0.15) is 6.04 Å². The molecule has 0 fully saturated rings. The van der Waals surface area contributed by atoms with Gasteiger partial charge in [0.05, 0.1) is 0 Å². The predicted molar refractivity (Wildman–Crippen MR) is 91.0 cm³/mol. The van der Waals surface area contributed by atoms with Crippen molar-refractivity contribution in [2.45, 2.75) is 45.7 Å². The molecule has 0 aliphatic heterocycles. The van der Waals surface area contributed by atoms with Crippen molar-refractivity contribution in [1.82, 2.24) is 10.2 Å². The van der Waals surface area contributed by atoms with E-state index in [0.717, 1.165) is 13.1 Å². The van der Waals surface area contributed by atoms with Crippen LogP contribution in [0.2, 0.25) is 0 Å². The van der Waals surface area contributed by atoms with E-state index in [2.05, 4.69) is 22.3 Å². The van der Waals surface area contributed by atoms with Gasteiger partial charge in [-0.15, -0.1) is 0 Å². The van der Waals surface area contributed by atoms with Crippen LogP contribution in [0.3, 0.4) is 0 Å². The van der Waals surface area contributed by atoms with Gasteiger partial charge in [0.25, 0.3) is 0 Å². The molecule has 0 heterocycles. The van der Waals surface area contributed by atoms with E-state index >= 15 is 0 Å². The third kappa shape index (κ3) is 8.35. The Bertz CT molecular complexity index is 488. The van der Waals surface area contributed by atoms with Gasteiger partial charge in [-0.05, 0) is 37.9 Å². The number of rotatable bonds is 10. The van der Waals surface area contributed by atoms with Crippen molar-refractivity contribution in [3.63, 3.8) is 0 Å². The summed E-state index contributed by atoms with van der Waals surface area (Å²) >= 11 is 0. The lowest BCUT2D eigenvalue weighted by Gasteiger charge is -2.18. The van der Waals surface area contributed by atoms with Gasteiger partial charge >= 0.3 is 5.97 Å². The molecule has 5 nitrogen and oxygen atoms in total. The molecule has 1 aromatic rings. The fourth-order valence-electron chi connectivity index (χ4n) is 2.44. The summed E-state index contributed by atoms with van der Waals surface area (Å²) in [6, 6.07) is 9.38. The number of carboxylic acids is 1. The van der Waals surface area contributed by atoms with Crippen LogP contribution in [0, 0.1) is 5.92 Å². The van der Waals surface area contributed by atoms with E-state index in [1.54, 1.807) is 0 Å². The molecule has 23 heavy (non-hydrogen) atoms. The average Bonchev–Trinajstić information content (AvgIpc) is 2.47. The zero-order valence-corrected chi connectivity index (χ0v) is 14.3. The topological polar surface area (TPSA) is 69.6 Å². The highest BCUT2D eigenvalue weighted by atomic mass is 16.4. The number of aliphatic carboxylic acids is 1. The first-order valence-electron chi connectivity index (χ1n) is 8.13. The predicted octanol–water partition coefficient (Wildman–Crippen LogP) is 2.51. The van der Waals surface area contributed by atoms with Crippen LogP contribution >= 0.6 is 0 Å². The van der Waals surface area contributed by atoms with Gasteiger partial charge in [0, 0.05) is 13.0 Å². The summed E-state index contributed by atoms with van der Waals surface area (Å²) in [5.74, 6) is -0.923. The highest BCUT2D eigenvalue weighted by Crippen LogP contribution is 2.06. The molecule has 0 aromatic heterocycles. The lowest BCUT2D eigenvalue weighted by molar-refractivity contribution is -0.142. The van der Waals surface area contributed by atoms with E-state index < -0.39 is 12.0 Å². The second-order valence-corrected chi connectivity index (χ2v) is 6.41. The molecule has 1 atom stereocenters. The lowest BCUT2D eigenvalue weighted by Crippen LogP contribution is -2.41. The normalized spacial score (nSPS) is 12.4. The third-order valence-electron chi connectivity index (χ3n) is 3.58. The summed E-state index contributed by atoms with van der Waals surface area (Å²) in [4.78, 5) is 25.2. The molecular formula is C18H28N2O3. The minimum absolute atomic E-state index is 0.189. The van der Waals surface area contributed by atoms with Crippen molar-refractivity contribution >= 4 is 11.9 Å². The van der Waals surface area contributed by atoms with Gasteiger partial charge in [-0.3, -0.25) is 4.79 Å². The molecule has 0 radical (unpaired) electrons. The van der Waals surface area contributed by atoms with Gasteiger partial charge in [0.15, 0.2) is 0 Å². The molecule has 128 valence electrons. The minimum Gasteiger partial charge on any atom is -0.480 e. The molecule has 0 aliphatic rings. The standard InChI is InChI=1S/C18H28N2O3/c1-14(2)12-16(18(22)23)19-17(21)10-7-11-20(3)13-15-8-5-4-6-9-15/h4-6,8-9,14,16H,7,10-13H2,1-3H3,(H,19,21)(H,22,23). The number of amides is 1. The molecule has 1 amide bonds. The van der Waals surface area contributed by atoms with Crippen LogP contribution in [-0.4, -0.2) is 41.5 Å². The first kappa shape index (κ1) is 19.2. The smallest absolute Gasteiger partial charge is 0.326 e. The van der Waals surface area contributed by atoms with Crippen LogP contribution in [0.25, 0.3) is 0 Å². The maximum atomic E-state index is 11.9. The number of hydrogen-bond donors (Lipinski definition) is 2. The Hall–Kier alpha value is -1.88. The maximum absolute atomic E-state index is 11.9. The van der Waals surface area contributed by atoms with Crippen molar-refractivity contribution in [2.75, 3.05) is 13.6 Å². The lowest BCUT2D eigenvalue weighted by atomic mass is 10.0. The number of carbonyl (C=O) groups is 2. The van der Waals surface area contributed by atoms with Crippen LogP contribution in [0.1, 0.15) is 38.7 Å². The largest absolute Gasteiger partial charge is 0.480 e. The molecular weight excluding hydrogens is 292 g/mol. The Balaban J connectivity index is 2.28. The van der Waals surface area contributed by atoms with Crippen LogP contribution in [-0.2, 0) is 16.1 Å². The number of carboxylic acid groups (broad SMARTS) is 1. The fourth-order valence-corrected chi connectivity index (χ4v) is 2.44. The number of nitrogens with one attached hydrogen (secondary N) is 1. The molecule has 1 rings (SSSR count). The highest BCUT2D eigenvalue weighted by Gasteiger charge is 2.20. The number of nitrogens with zero attached hydrogens (tertiary/aromatic N) is 1. The van der Waals surface area contributed by atoms with Gasteiger partial charge in [-0.1, -0.05) is 44.2 Å². The van der Waals surface area contributed by atoms with E-state index in [4.69, 9.17) is 5.11 Å². The molecule has 0 saturated heterocycles. The molecule has 0 spiro atoms. The SMILES string of the molecule is CC(C)CC(NC(=O)CCCN(C)Cc1ccccc1)C(=O)O. The van der Waals surface area contributed by atoms with Crippen molar-refractivity contribution < 1.29 is 14.7 Å². The Morgan fingerprint density at radius 3 is 2.43 bits per heavy atom. The Kier molecular flexibility index (Phi) is 8.33. The summed E-state index contributed by atoms with van der Waals surface area (Å²) in [6.07, 6.45) is 1.51. The van der Waals surface area contributed by atoms with E-state index in [-0.39, 0.29) is 11.8 Å². The van der Waals surface area contributed by atoms with Crippen molar-refractivity contribution in [2.24, 2.45) is 5.92 Å². The zero-order chi connectivity index (χ0) is 17.2. The minimum atomic E-state index is -0.965. The maximum Gasteiger partial charge on any atom is 0.326 e. The summed E-state index contributed by atoms with van der Waals surface area (Å²) < 4.78 is 0.